The Hall–Kier alpha value is -1.88. The third kappa shape index (κ3) is 5.36. The van der Waals surface area contributed by atoms with Gasteiger partial charge in [0.2, 0.25) is 5.91 Å². The standard InChI is InChI=1S/C18H25NO4/c1-18(2,3)17(21)19(4)14-7-9-15(10-8-14)23-16(20)12-22-11-13-5-6-13/h7-10,13H,5-6,11-12H2,1-4H3. The maximum atomic E-state index is 12.2. The molecule has 1 aliphatic rings. The van der Waals surface area contributed by atoms with Crippen LogP contribution >= 0.6 is 0 Å². The van der Waals surface area contributed by atoms with Crippen molar-refractivity contribution in [1.82, 2.24) is 0 Å². The van der Waals surface area contributed by atoms with Gasteiger partial charge in [-0.05, 0) is 43.0 Å². The number of ether oxygens (including phenoxy) is 2. The molecule has 0 bridgehead atoms. The molecule has 0 atom stereocenters. The fraction of sp³-hybridized carbons (Fsp3) is 0.556. The third-order valence-electron chi connectivity index (χ3n) is 3.67. The molecule has 1 aromatic rings. The number of benzene rings is 1. The lowest BCUT2D eigenvalue weighted by Crippen LogP contribution is -2.36. The second-order valence-corrected chi connectivity index (χ2v) is 7.04. The Morgan fingerprint density at radius 3 is 2.30 bits per heavy atom. The number of hydrogen-bond acceptors (Lipinski definition) is 4. The molecule has 0 unspecified atom stereocenters. The van der Waals surface area contributed by atoms with Crippen LogP contribution in [-0.4, -0.2) is 32.1 Å². The summed E-state index contributed by atoms with van der Waals surface area (Å²) in [6, 6.07) is 6.88. The number of esters is 1. The van der Waals surface area contributed by atoms with Gasteiger partial charge in [0.05, 0.1) is 6.61 Å². The molecule has 5 nitrogen and oxygen atoms in total. The Balaban J connectivity index is 1.85. The first-order chi connectivity index (χ1) is 10.8. The van der Waals surface area contributed by atoms with Crippen molar-refractivity contribution in [3.63, 3.8) is 0 Å². The minimum Gasteiger partial charge on any atom is -0.425 e. The minimum absolute atomic E-state index is 0.0238. The highest BCUT2D eigenvalue weighted by molar-refractivity contribution is 5.96. The molecule has 1 aromatic carbocycles. The number of hydrogen-bond donors (Lipinski definition) is 0. The van der Waals surface area contributed by atoms with E-state index >= 15 is 0 Å². The van der Waals surface area contributed by atoms with E-state index in [4.69, 9.17) is 9.47 Å². The van der Waals surface area contributed by atoms with Gasteiger partial charge in [0, 0.05) is 18.2 Å². The van der Waals surface area contributed by atoms with Crippen LogP contribution in [0.2, 0.25) is 0 Å². The Kier molecular flexibility index (Phi) is 5.42. The zero-order valence-electron chi connectivity index (χ0n) is 14.3. The van der Waals surface area contributed by atoms with E-state index < -0.39 is 11.4 Å². The van der Waals surface area contributed by atoms with E-state index in [9.17, 15) is 9.59 Å². The minimum atomic E-state index is -0.446. The number of nitrogens with zero attached hydrogens (tertiary/aromatic N) is 1. The predicted molar refractivity (Wildman–Crippen MR) is 88.5 cm³/mol. The highest BCUT2D eigenvalue weighted by Crippen LogP contribution is 2.28. The van der Waals surface area contributed by atoms with Gasteiger partial charge < -0.3 is 14.4 Å². The molecule has 2 rings (SSSR count). The summed E-state index contributed by atoms with van der Waals surface area (Å²) in [6.07, 6.45) is 2.38. The SMILES string of the molecule is CN(C(=O)C(C)(C)C)c1ccc(OC(=O)COCC2CC2)cc1. The maximum Gasteiger partial charge on any atom is 0.337 e. The Morgan fingerprint density at radius 1 is 1.17 bits per heavy atom. The van der Waals surface area contributed by atoms with Crippen molar-refractivity contribution in [3.05, 3.63) is 24.3 Å². The van der Waals surface area contributed by atoms with Gasteiger partial charge >= 0.3 is 5.97 Å². The largest absolute Gasteiger partial charge is 0.425 e. The lowest BCUT2D eigenvalue weighted by atomic mass is 9.95. The van der Waals surface area contributed by atoms with Crippen LogP contribution in [0.25, 0.3) is 0 Å². The summed E-state index contributed by atoms with van der Waals surface area (Å²) < 4.78 is 10.5. The van der Waals surface area contributed by atoms with Gasteiger partial charge in [-0.25, -0.2) is 4.79 Å². The zero-order valence-corrected chi connectivity index (χ0v) is 14.3. The van der Waals surface area contributed by atoms with E-state index in [1.54, 1.807) is 36.2 Å². The topological polar surface area (TPSA) is 55.8 Å². The summed E-state index contributed by atoms with van der Waals surface area (Å²) in [7, 11) is 1.74. The van der Waals surface area contributed by atoms with Gasteiger partial charge in [0.1, 0.15) is 12.4 Å². The molecular weight excluding hydrogens is 294 g/mol. The molecule has 23 heavy (non-hydrogen) atoms. The Morgan fingerprint density at radius 2 is 1.78 bits per heavy atom. The molecular formula is C18H25NO4. The van der Waals surface area contributed by atoms with E-state index in [1.165, 1.54) is 12.8 Å². The summed E-state index contributed by atoms with van der Waals surface area (Å²) >= 11 is 0. The van der Waals surface area contributed by atoms with Crippen LogP contribution in [0.3, 0.4) is 0 Å². The van der Waals surface area contributed by atoms with Gasteiger partial charge in [-0.2, -0.15) is 0 Å². The fourth-order valence-electron chi connectivity index (χ4n) is 2.11. The third-order valence-corrected chi connectivity index (χ3v) is 3.67. The van der Waals surface area contributed by atoms with Gasteiger partial charge in [-0.15, -0.1) is 0 Å². The molecule has 0 radical (unpaired) electrons. The van der Waals surface area contributed by atoms with Crippen LogP contribution in [0.15, 0.2) is 24.3 Å². The highest BCUT2D eigenvalue weighted by atomic mass is 16.6. The van der Waals surface area contributed by atoms with Gasteiger partial charge in [0.25, 0.3) is 0 Å². The summed E-state index contributed by atoms with van der Waals surface area (Å²) in [5.41, 5.74) is 0.313. The van der Waals surface area contributed by atoms with Crippen molar-refractivity contribution in [2.45, 2.75) is 33.6 Å². The monoisotopic (exact) mass is 319 g/mol. The molecule has 0 heterocycles. The molecule has 0 aliphatic heterocycles. The van der Waals surface area contributed by atoms with E-state index in [0.717, 1.165) is 5.69 Å². The fourth-order valence-corrected chi connectivity index (χ4v) is 2.11. The molecule has 1 fully saturated rings. The summed E-state index contributed by atoms with van der Waals surface area (Å²) in [5, 5.41) is 0. The summed E-state index contributed by atoms with van der Waals surface area (Å²) in [4.78, 5) is 25.5. The Labute approximate surface area is 137 Å². The predicted octanol–water partition coefficient (Wildman–Crippen LogP) is 3.03. The molecule has 0 saturated heterocycles. The number of carbonyl (C=O) groups excluding carboxylic acids is 2. The van der Waals surface area contributed by atoms with Crippen LogP contribution in [0.5, 0.6) is 5.75 Å². The lowest BCUT2D eigenvalue weighted by molar-refractivity contribution is -0.139. The number of amides is 1. The molecule has 0 N–H and O–H groups in total. The van der Waals surface area contributed by atoms with E-state index in [2.05, 4.69) is 0 Å². The van der Waals surface area contributed by atoms with Gasteiger partial charge in [-0.3, -0.25) is 4.79 Å². The second-order valence-electron chi connectivity index (χ2n) is 7.04. The van der Waals surface area contributed by atoms with E-state index in [1.807, 2.05) is 20.8 Å². The second kappa shape index (κ2) is 7.13. The molecule has 0 aromatic heterocycles. The van der Waals surface area contributed by atoms with Crippen molar-refractivity contribution >= 4 is 17.6 Å². The molecule has 1 aliphatic carbocycles. The number of anilines is 1. The lowest BCUT2D eigenvalue weighted by Gasteiger charge is -2.26. The van der Waals surface area contributed by atoms with Crippen LogP contribution in [0.1, 0.15) is 33.6 Å². The van der Waals surface area contributed by atoms with Crippen molar-refractivity contribution in [2.24, 2.45) is 11.3 Å². The van der Waals surface area contributed by atoms with Crippen molar-refractivity contribution < 1.29 is 19.1 Å². The van der Waals surface area contributed by atoms with Crippen molar-refractivity contribution in [1.29, 1.82) is 0 Å². The number of carbonyl (C=O) groups is 2. The summed E-state index contributed by atoms with van der Waals surface area (Å²) in [6.45, 7) is 6.24. The van der Waals surface area contributed by atoms with Gasteiger partial charge in [-0.1, -0.05) is 20.8 Å². The molecule has 126 valence electrons. The van der Waals surface area contributed by atoms with E-state index in [0.29, 0.717) is 18.3 Å². The Bertz CT molecular complexity index is 555. The van der Waals surface area contributed by atoms with Crippen molar-refractivity contribution in [2.75, 3.05) is 25.2 Å². The maximum absolute atomic E-state index is 12.2. The highest BCUT2D eigenvalue weighted by Gasteiger charge is 2.25. The van der Waals surface area contributed by atoms with E-state index in [-0.39, 0.29) is 12.5 Å². The first-order valence-corrected chi connectivity index (χ1v) is 7.94. The summed E-state index contributed by atoms with van der Waals surface area (Å²) in [5.74, 6) is 0.691. The van der Waals surface area contributed by atoms with Crippen molar-refractivity contribution in [3.8, 4) is 5.75 Å². The smallest absolute Gasteiger partial charge is 0.337 e. The molecule has 0 spiro atoms. The normalized spacial score (nSPS) is 14.4. The van der Waals surface area contributed by atoms with Crippen LogP contribution in [0.4, 0.5) is 5.69 Å². The molecule has 5 heteroatoms. The quantitative estimate of drug-likeness (QED) is 0.597. The number of rotatable bonds is 6. The molecule has 1 amide bonds. The molecule has 1 saturated carbocycles. The first-order valence-electron chi connectivity index (χ1n) is 7.94. The first kappa shape index (κ1) is 17.5. The average molecular weight is 319 g/mol. The van der Waals surface area contributed by atoms with Gasteiger partial charge in [0.15, 0.2) is 0 Å². The van der Waals surface area contributed by atoms with Crippen LogP contribution in [0, 0.1) is 11.3 Å². The average Bonchev–Trinajstić information content (AvgIpc) is 3.30. The zero-order chi connectivity index (χ0) is 17.0. The van der Waals surface area contributed by atoms with Crippen LogP contribution in [-0.2, 0) is 14.3 Å². The van der Waals surface area contributed by atoms with Crippen LogP contribution < -0.4 is 9.64 Å².